The molecule has 1 atom stereocenters. The summed E-state index contributed by atoms with van der Waals surface area (Å²) in [5.74, 6) is 1.31. The molecule has 0 radical (unpaired) electrons. The van der Waals surface area contributed by atoms with Crippen LogP contribution in [0.1, 0.15) is 62.8 Å². The van der Waals surface area contributed by atoms with E-state index < -0.39 is 0 Å². The zero-order valence-electron chi connectivity index (χ0n) is 13.4. The summed E-state index contributed by atoms with van der Waals surface area (Å²) in [6.07, 6.45) is 8.02. The van der Waals surface area contributed by atoms with Crippen LogP contribution >= 0.6 is 23.4 Å². The van der Waals surface area contributed by atoms with Gasteiger partial charge in [0.05, 0.1) is 0 Å². The second-order valence-electron chi connectivity index (χ2n) is 5.88. The van der Waals surface area contributed by atoms with Gasteiger partial charge < -0.3 is 4.90 Å². The van der Waals surface area contributed by atoms with Gasteiger partial charge in [0, 0.05) is 23.7 Å². The summed E-state index contributed by atoms with van der Waals surface area (Å²) < 4.78 is 0. The van der Waals surface area contributed by atoms with Gasteiger partial charge in [-0.05, 0) is 24.1 Å². The first kappa shape index (κ1) is 17.7. The van der Waals surface area contributed by atoms with Crippen molar-refractivity contribution in [3.05, 3.63) is 34.9 Å². The Kier molecular flexibility index (Phi) is 7.61. The van der Waals surface area contributed by atoms with E-state index in [1.165, 1.54) is 32.1 Å². The Morgan fingerprint density at radius 2 is 2.05 bits per heavy atom. The van der Waals surface area contributed by atoms with Crippen molar-refractivity contribution in [3.63, 3.8) is 0 Å². The third kappa shape index (κ3) is 5.20. The summed E-state index contributed by atoms with van der Waals surface area (Å²) in [6.45, 7) is 3.08. The maximum absolute atomic E-state index is 12.5. The lowest BCUT2D eigenvalue weighted by molar-refractivity contribution is -0.131. The van der Waals surface area contributed by atoms with Crippen LogP contribution in [0, 0.1) is 0 Å². The van der Waals surface area contributed by atoms with Crippen LogP contribution in [0.3, 0.4) is 0 Å². The molecule has 1 aromatic rings. The van der Waals surface area contributed by atoms with Crippen molar-refractivity contribution in [2.75, 3.05) is 12.3 Å². The molecule has 1 saturated heterocycles. The molecule has 122 valence electrons. The third-order valence-electron chi connectivity index (χ3n) is 4.09. The molecule has 0 saturated carbocycles. The second-order valence-corrected chi connectivity index (χ2v) is 7.51. The number of unbranched alkanes of at least 4 members (excludes halogenated alkanes) is 5. The number of thioether (sulfide) groups is 1. The predicted octanol–water partition coefficient (Wildman–Crippen LogP) is 5.66. The van der Waals surface area contributed by atoms with Crippen molar-refractivity contribution in [2.24, 2.45) is 0 Å². The van der Waals surface area contributed by atoms with Crippen molar-refractivity contribution >= 4 is 29.3 Å². The Morgan fingerprint density at radius 3 is 2.82 bits per heavy atom. The molecular weight excluding hydrogens is 314 g/mol. The van der Waals surface area contributed by atoms with E-state index in [-0.39, 0.29) is 5.37 Å². The normalized spacial score (nSPS) is 17.9. The number of halogens is 1. The van der Waals surface area contributed by atoms with Crippen LogP contribution in [0.4, 0.5) is 0 Å². The van der Waals surface area contributed by atoms with Crippen LogP contribution < -0.4 is 0 Å². The summed E-state index contributed by atoms with van der Waals surface area (Å²) in [7, 11) is 0. The minimum absolute atomic E-state index is 0.145. The highest BCUT2D eigenvalue weighted by atomic mass is 35.5. The molecule has 1 aliphatic rings. The maximum Gasteiger partial charge on any atom is 0.223 e. The quantitative estimate of drug-likeness (QED) is 0.569. The molecule has 22 heavy (non-hydrogen) atoms. The summed E-state index contributed by atoms with van der Waals surface area (Å²) in [4.78, 5) is 14.5. The fourth-order valence-electron chi connectivity index (χ4n) is 2.86. The van der Waals surface area contributed by atoms with Crippen LogP contribution in [0.25, 0.3) is 0 Å². The number of carbonyl (C=O) groups is 1. The Morgan fingerprint density at radius 1 is 1.27 bits per heavy atom. The summed E-state index contributed by atoms with van der Waals surface area (Å²) >= 11 is 7.92. The largest absolute Gasteiger partial charge is 0.326 e. The van der Waals surface area contributed by atoms with Crippen molar-refractivity contribution in [3.8, 4) is 0 Å². The van der Waals surface area contributed by atoms with Gasteiger partial charge in [0.2, 0.25) is 5.91 Å². The van der Waals surface area contributed by atoms with Crippen LogP contribution in [0.15, 0.2) is 24.3 Å². The van der Waals surface area contributed by atoms with E-state index in [1.807, 2.05) is 34.9 Å². The summed E-state index contributed by atoms with van der Waals surface area (Å²) in [5, 5.41) is 0.889. The van der Waals surface area contributed by atoms with E-state index in [4.69, 9.17) is 11.6 Å². The molecule has 1 amide bonds. The number of hydrogen-bond acceptors (Lipinski definition) is 2. The number of benzene rings is 1. The van der Waals surface area contributed by atoms with Gasteiger partial charge in [0.1, 0.15) is 5.37 Å². The zero-order valence-corrected chi connectivity index (χ0v) is 15.0. The van der Waals surface area contributed by atoms with Crippen LogP contribution in [0.5, 0.6) is 0 Å². The highest BCUT2D eigenvalue weighted by Gasteiger charge is 2.30. The molecule has 2 rings (SSSR count). The summed E-state index contributed by atoms with van der Waals surface area (Å²) in [5.41, 5.74) is 1.14. The molecular formula is C18H26ClNOS. The van der Waals surface area contributed by atoms with Gasteiger partial charge in [0.15, 0.2) is 0 Å². The average molecular weight is 340 g/mol. The van der Waals surface area contributed by atoms with Gasteiger partial charge in [-0.1, -0.05) is 62.8 Å². The molecule has 0 bridgehead atoms. The van der Waals surface area contributed by atoms with E-state index in [1.54, 1.807) is 0 Å². The highest BCUT2D eigenvalue weighted by Crippen LogP contribution is 2.39. The first-order chi connectivity index (χ1) is 10.7. The number of hydrogen-bond donors (Lipinski definition) is 0. The molecule has 1 heterocycles. The van der Waals surface area contributed by atoms with Gasteiger partial charge in [0.25, 0.3) is 0 Å². The van der Waals surface area contributed by atoms with Gasteiger partial charge in [-0.2, -0.15) is 0 Å². The van der Waals surface area contributed by atoms with Gasteiger partial charge in [-0.3, -0.25) is 4.79 Å². The van der Waals surface area contributed by atoms with E-state index in [0.29, 0.717) is 12.3 Å². The third-order valence-corrected chi connectivity index (χ3v) is 5.59. The molecule has 0 N–H and O–H groups in total. The molecule has 1 aromatic carbocycles. The van der Waals surface area contributed by atoms with E-state index in [9.17, 15) is 4.79 Å². The average Bonchev–Trinajstić information content (AvgIpc) is 3.00. The topological polar surface area (TPSA) is 20.3 Å². The molecule has 0 spiro atoms. The van der Waals surface area contributed by atoms with Crippen LogP contribution in [-0.4, -0.2) is 23.1 Å². The minimum atomic E-state index is 0.145. The maximum atomic E-state index is 12.5. The number of amides is 1. The minimum Gasteiger partial charge on any atom is -0.326 e. The number of rotatable bonds is 8. The molecule has 4 heteroatoms. The molecule has 1 aliphatic heterocycles. The SMILES string of the molecule is CCCCCCCCC(=O)N1CCSC1c1cccc(Cl)c1. The lowest BCUT2D eigenvalue weighted by Crippen LogP contribution is -2.30. The van der Waals surface area contributed by atoms with E-state index >= 15 is 0 Å². The lowest BCUT2D eigenvalue weighted by Gasteiger charge is -2.24. The zero-order chi connectivity index (χ0) is 15.8. The second kappa shape index (κ2) is 9.46. The van der Waals surface area contributed by atoms with Crippen molar-refractivity contribution in [2.45, 2.75) is 57.2 Å². The molecule has 1 fully saturated rings. The van der Waals surface area contributed by atoms with Crippen molar-refractivity contribution in [1.82, 2.24) is 4.90 Å². The molecule has 1 unspecified atom stereocenters. The van der Waals surface area contributed by atoms with Crippen LogP contribution in [-0.2, 0) is 4.79 Å². The van der Waals surface area contributed by atoms with Crippen molar-refractivity contribution < 1.29 is 4.79 Å². The lowest BCUT2D eigenvalue weighted by atomic mass is 10.1. The van der Waals surface area contributed by atoms with Crippen LogP contribution in [0.2, 0.25) is 5.02 Å². The van der Waals surface area contributed by atoms with Gasteiger partial charge in [-0.15, -0.1) is 11.8 Å². The first-order valence-corrected chi connectivity index (χ1v) is 9.81. The fraction of sp³-hybridized carbons (Fsp3) is 0.611. The molecule has 0 aromatic heterocycles. The molecule has 0 aliphatic carbocycles. The Bertz CT molecular complexity index is 480. The Balaban J connectivity index is 1.81. The van der Waals surface area contributed by atoms with Gasteiger partial charge >= 0.3 is 0 Å². The van der Waals surface area contributed by atoms with Gasteiger partial charge in [-0.25, -0.2) is 0 Å². The predicted molar refractivity (Wildman–Crippen MR) is 96.4 cm³/mol. The highest BCUT2D eigenvalue weighted by molar-refractivity contribution is 7.99. The summed E-state index contributed by atoms with van der Waals surface area (Å²) in [6, 6.07) is 7.90. The fourth-order valence-corrected chi connectivity index (χ4v) is 4.33. The number of carbonyl (C=O) groups excluding carboxylic acids is 1. The number of nitrogens with zero attached hydrogens (tertiary/aromatic N) is 1. The molecule has 2 nitrogen and oxygen atoms in total. The van der Waals surface area contributed by atoms with Crippen molar-refractivity contribution in [1.29, 1.82) is 0 Å². The first-order valence-electron chi connectivity index (χ1n) is 8.39. The Hall–Kier alpha value is -0.670. The van der Waals surface area contributed by atoms with E-state index in [2.05, 4.69) is 13.0 Å². The monoisotopic (exact) mass is 339 g/mol. The van der Waals surface area contributed by atoms with E-state index in [0.717, 1.165) is 29.3 Å². The Labute approximate surface area is 143 Å². The standard InChI is InChI=1S/C18H26ClNOS/c1-2-3-4-5-6-7-11-17(21)20-12-13-22-18(20)15-9-8-10-16(19)14-15/h8-10,14,18H,2-7,11-13H2,1H3. The smallest absolute Gasteiger partial charge is 0.223 e.